The second kappa shape index (κ2) is 12.8. The summed E-state index contributed by atoms with van der Waals surface area (Å²) >= 11 is 0. The SMILES string of the molecule is CCOc1ccccc1OC1CCCN(c2cncc(Nc3cccc(-c4ccc(NCC(=O)O)cc4)n3)n2)C1. The number of pyridine rings is 1. The van der Waals surface area contributed by atoms with E-state index < -0.39 is 5.97 Å². The minimum absolute atomic E-state index is 0.0119. The zero-order valence-corrected chi connectivity index (χ0v) is 22.3. The Morgan fingerprint density at radius 3 is 2.62 bits per heavy atom. The van der Waals surface area contributed by atoms with Crippen molar-refractivity contribution in [1.29, 1.82) is 0 Å². The first-order chi connectivity index (χ1) is 19.6. The first-order valence-corrected chi connectivity index (χ1v) is 13.3. The maximum absolute atomic E-state index is 10.8. The van der Waals surface area contributed by atoms with Crippen molar-refractivity contribution in [3.8, 4) is 22.8 Å². The van der Waals surface area contributed by atoms with Crippen molar-refractivity contribution in [2.24, 2.45) is 0 Å². The topological polar surface area (TPSA) is 122 Å². The van der Waals surface area contributed by atoms with Crippen LogP contribution in [0.25, 0.3) is 11.3 Å². The number of nitrogens with one attached hydrogen (secondary N) is 2. The molecule has 1 unspecified atom stereocenters. The molecular formula is C30H32N6O4. The molecule has 10 nitrogen and oxygen atoms in total. The number of carboxylic acid groups (broad SMARTS) is 1. The molecule has 0 saturated carbocycles. The number of benzene rings is 2. The first-order valence-electron chi connectivity index (χ1n) is 13.3. The van der Waals surface area contributed by atoms with E-state index in [1.807, 2.05) is 73.7 Å². The Morgan fingerprint density at radius 1 is 1.00 bits per heavy atom. The highest BCUT2D eigenvalue weighted by Gasteiger charge is 2.24. The third kappa shape index (κ3) is 6.96. The van der Waals surface area contributed by atoms with E-state index in [9.17, 15) is 4.79 Å². The van der Waals surface area contributed by atoms with Gasteiger partial charge in [0.05, 0.1) is 31.2 Å². The van der Waals surface area contributed by atoms with Crippen molar-refractivity contribution < 1.29 is 19.4 Å². The van der Waals surface area contributed by atoms with Gasteiger partial charge in [0, 0.05) is 17.8 Å². The Morgan fingerprint density at radius 2 is 1.82 bits per heavy atom. The van der Waals surface area contributed by atoms with Gasteiger partial charge in [0.1, 0.15) is 24.3 Å². The number of carbonyl (C=O) groups is 1. The molecule has 1 fully saturated rings. The predicted octanol–water partition coefficient (Wildman–Crippen LogP) is 5.23. The summed E-state index contributed by atoms with van der Waals surface area (Å²) < 4.78 is 12.1. The fraction of sp³-hybridized carbons (Fsp3) is 0.267. The van der Waals surface area contributed by atoms with Gasteiger partial charge < -0.3 is 30.1 Å². The third-order valence-corrected chi connectivity index (χ3v) is 6.40. The van der Waals surface area contributed by atoms with Crippen molar-refractivity contribution >= 4 is 29.1 Å². The summed E-state index contributed by atoms with van der Waals surface area (Å²) in [5.41, 5.74) is 2.42. The van der Waals surface area contributed by atoms with E-state index in [4.69, 9.17) is 24.5 Å². The minimum Gasteiger partial charge on any atom is -0.490 e. The number of aliphatic carboxylic acids is 1. The fourth-order valence-electron chi connectivity index (χ4n) is 4.55. The summed E-state index contributed by atoms with van der Waals surface area (Å²) in [5.74, 6) is 2.62. The molecule has 0 bridgehead atoms. The molecule has 206 valence electrons. The predicted molar refractivity (Wildman–Crippen MR) is 155 cm³/mol. The highest BCUT2D eigenvalue weighted by molar-refractivity contribution is 5.73. The van der Waals surface area contributed by atoms with Crippen molar-refractivity contribution in [3.63, 3.8) is 0 Å². The van der Waals surface area contributed by atoms with Gasteiger partial charge in [-0.2, -0.15) is 0 Å². The average Bonchev–Trinajstić information content (AvgIpc) is 2.98. The van der Waals surface area contributed by atoms with Gasteiger partial charge in [-0.1, -0.05) is 30.3 Å². The summed E-state index contributed by atoms with van der Waals surface area (Å²) in [4.78, 5) is 26.9. The Bertz CT molecular complexity index is 1430. The van der Waals surface area contributed by atoms with Gasteiger partial charge in [-0.05, 0) is 56.2 Å². The van der Waals surface area contributed by atoms with Crippen molar-refractivity contribution in [2.45, 2.75) is 25.9 Å². The standard InChI is InChI=1S/C30H32N6O4/c1-2-39-25-9-3-4-10-26(25)40-23-7-6-16-36(20-23)29-18-31-17-28(35-29)34-27-11-5-8-24(33-27)21-12-14-22(15-13-21)32-19-30(37)38/h3-5,8-15,17-18,23,32H,2,6-7,16,19-20H2,1H3,(H,37,38)(H,33,34,35). The van der Waals surface area contributed by atoms with Gasteiger partial charge >= 0.3 is 5.97 Å². The van der Waals surface area contributed by atoms with Gasteiger partial charge in [0.25, 0.3) is 0 Å². The molecule has 1 saturated heterocycles. The van der Waals surface area contributed by atoms with E-state index >= 15 is 0 Å². The highest BCUT2D eigenvalue weighted by Crippen LogP contribution is 2.30. The monoisotopic (exact) mass is 540 g/mol. The molecule has 4 aromatic rings. The third-order valence-electron chi connectivity index (χ3n) is 6.40. The Balaban J connectivity index is 1.24. The molecule has 40 heavy (non-hydrogen) atoms. The lowest BCUT2D eigenvalue weighted by atomic mass is 10.1. The molecule has 2 aromatic carbocycles. The highest BCUT2D eigenvalue weighted by atomic mass is 16.5. The number of ether oxygens (including phenoxy) is 2. The molecule has 0 spiro atoms. The van der Waals surface area contributed by atoms with Gasteiger partial charge in [-0.15, -0.1) is 0 Å². The second-order valence-electron chi connectivity index (χ2n) is 9.33. The normalized spacial score (nSPS) is 14.8. The summed E-state index contributed by atoms with van der Waals surface area (Å²) in [7, 11) is 0. The van der Waals surface area contributed by atoms with E-state index in [-0.39, 0.29) is 12.6 Å². The molecule has 2 aromatic heterocycles. The second-order valence-corrected chi connectivity index (χ2v) is 9.33. The van der Waals surface area contributed by atoms with Gasteiger partial charge in [-0.25, -0.2) is 9.97 Å². The number of piperidine rings is 1. The van der Waals surface area contributed by atoms with Crippen molar-refractivity contribution in [3.05, 3.63) is 79.1 Å². The average molecular weight is 541 g/mol. The summed E-state index contributed by atoms with van der Waals surface area (Å²) in [6.07, 6.45) is 5.39. The van der Waals surface area contributed by atoms with E-state index in [1.54, 1.807) is 12.4 Å². The van der Waals surface area contributed by atoms with Crippen LogP contribution in [-0.2, 0) is 4.79 Å². The fourth-order valence-corrected chi connectivity index (χ4v) is 4.55. The molecule has 0 radical (unpaired) electrons. The molecule has 10 heteroatoms. The van der Waals surface area contributed by atoms with Crippen LogP contribution in [0.3, 0.4) is 0 Å². The van der Waals surface area contributed by atoms with E-state index in [0.29, 0.717) is 24.8 Å². The Labute approximate surface area is 233 Å². The lowest BCUT2D eigenvalue weighted by Crippen LogP contribution is -2.41. The maximum atomic E-state index is 10.8. The lowest BCUT2D eigenvalue weighted by Gasteiger charge is -2.33. The largest absolute Gasteiger partial charge is 0.490 e. The zero-order chi connectivity index (χ0) is 27.7. The van der Waals surface area contributed by atoms with Crippen LogP contribution in [0, 0.1) is 0 Å². The summed E-state index contributed by atoms with van der Waals surface area (Å²) in [5, 5.41) is 15.0. The van der Waals surface area contributed by atoms with Crippen LogP contribution >= 0.6 is 0 Å². The lowest BCUT2D eigenvalue weighted by molar-refractivity contribution is -0.134. The Kier molecular flexibility index (Phi) is 8.55. The first kappa shape index (κ1) is 26.7. The maximum Gasteiger partial charge on any atom is 0.322 e. The van der Waals surface area contributed by atoms with Gasteiger partial charge in [-0.3, -0.25) is 9.78 Å². The van der Waals surface area contributed by atoms with Crippen molar-refractivity contribution in [1.82, 2.24) is 15.0 Å². The van der Waals surface area contributed by atoms with E-state index in [1.165, 1.54) is 0 Å². The van der Waals surface area contributed by atoms with E-state index in [0.717, 1.165) is 53.6 Å². The van der Waals surface area contributed by atoms with Crippen LogP contribution in [0.4, 0.5) is 23.1 Å². The van der Waals surface area contributed by atoms with E-state index in [2.05, 4.69) is 20.5 Å². The molecule has 5 rings (SSSR count). The van der Waals surface area contributed by atoms with Crippen LogP contribution in [0.15, 0.2) is 79.1 Å². The molecule has 0 amide bonds. The van der Waals surface area contributed by atoms with Crippen LogP contribution in [0.1, 0.15) is 19.8 Å². The number of nitrogens with zero attached hydrogens (tertiary/aromatic N) is 4. The van der Waals surface area contributed by atoms with Crippen LogP contribution in [0.5, 0.6) is 11.5 Å². The van der Waals surface area contributed by atoms with Crippen LogP contribution < -0.4 is 25.0 Å². The molecule has 1 aliphatic heterocycles. The number of anilines is 4. The van der Waals surface area contributed by atoms with Crippen molar-refractivity contribution in [2.75, 3.05) is 41.8 Å². The zero-order valence-electron chi connectivity index (χ0n) is 22.3. The van der Waals surface area contributed by atoms with Crippen LogP contribution in [-0.4, -0.2) is 58.4 Å². The van der Waals surface area contributed by atoms with Gasteiger partial charge in [0.2, 0.25) is 0 Å². The molecule has 1 atom stereocenters. The molecule has 3 N–H and O–H groups in total. The molecular weight excluding hydrogens is 508 g/mol. The number of carboxylic acids is 1. The summed E-state index contributed by atoms with van der Waals surface area (Å²) in [6.45, 7) is 3.98. The Hall–Kier alpha value is -4.86. The number of rotatable bonds is 11. The smallest absolute Gasteiger partial charge is 0.322 e. The number of aromatic nitrogens is 3. The molecule has 0 aliphatic carbocycles. The van der Waals surface area contributed by atoms with Crippen LogP contribution in [0.2, 0.25) is 0 Å². The summed E-state index contributed by atoms with van der Waals surface area (Å²) in [6, 6.07) is 21.0. The minimum atomic E-state index is -0.909. The molecule has 3 heterocycles. The molecule has 1 aliphatic rings. The number of para-hydroxylation sites is 2. The quantitative estimate of drug-likeness (QED) is 0.233. The van der Waals surface area contributed by atoms with Gasteiger partial charge in [0.15, 0.2) is 17.3 Å². The number of hydrogen-bond acceptors (Lipinski definition) is 9. The number of hydrogen-bond donors (Lipinski definition) is 3.